The van der Waals surface area contributed by atoms with E-state index in [0.717, 1.165) is 0 Å². The number of phenolic OH excluding ortho intramolecular Hbond substituents is 1. The van der Waals surface area contributed by atoms with E-state index in [1.807, 2.05) is 0 Å². The van der Waals surface area contributed by atoms with Gasteiger partial charge in [-0.2, -0.15) is 0 Å². The van der Waals surface area contributed by atoms with Gasteiger partial charge in [-0.05, 0) is 12.1 Å². The fourth-order valence-electron chi connectivity index (χ4n) is 1.02. The zero-order valence-corrected chi connectivity index (χ0v) is 8.78. The highest BCUT2D eigenvalue weighted by Gasteiger charge is 2.06. The minimum atomic E-state index is -1.07. The highest BCUT2D eigenvalue weighted by atomic mass is 35.5. The van der Waals surface area contributed by atoms with Crippen LogP contribution in [-0.2, 0) is 4.79 Å². The quantitative estimate of drug-likeness (QED) is 0.607. The molecule has 16 heavy (non-hydrogen) atoms. The second-order valence-corrected chi connectivity index (χ2v) is 3.32. The van der Waals surface area contributed by atoms with Crippen LogP contribution in [0.5, 0.6) is 5.75 Å². The van der Waals surface area contributed by atoms with Crippen LogP contribution in [0.4, 0.5) is 0 Å². The largest absolute Gasteiger partial charge is 0.506 e. The number of rotatable bonds is 2. The SMILES string of the molecule is O=Cc1cc(Cl)cc(C#CCC(=O)O)c1O. The molecule has 0 fully saturated rings. The van der Waals surface area contributed by atoms with Gasteiger partial charge in [0.05, 0.1) is 11.1 Å². The number of hydrogen-bond acceptors (Lipinski definition) is 3. The van der Waals surface area contributed by atoms with Crippen molar-refractivity contribution in [1.82, 2.24) is 0 Å². The van der Waals surface area contributed by atoms with E-state index in [0.29, 0.717) is 6.29 Å². The summed E-state index contributed by atoms with van der Waals surface area (Å²) in [7, 11) is 0. The Bertz CT molecular complexity index is 497. The normalized spacial score (nSPS) is 9.06. The molecule has 0 aromatic heterocycles. The molecular weight excluding hydrogens is 232 g/mol. The molecule has 0 aliphatic heterocycles. The van der Waals surface area contributed by atoms with E-state index in [4.69, 9.17) is 16.7 Å². The molecule has 1 aromatic carbocycles. The third-order valence-corrected chi connectivity index (χ3v) is 1.91. The molecular formula is C11H7ClO4. The molecule has 0 spiro atoms. The maximum absolute atomic E-state index is 10.6. The molecule has 0 saturated heterocycles. The standard InChI is InChI=1S/C11H7ClO4/c12-9-4-7(2-1-3-10(14)15)11(16)8(5-9)6-13/h4-6,16H,3H2,(H,14,15). The number of aldehydes is 1. The molecule has 82 valence electrons. The molecule has 5 heteroatoms. The van der Waals surface area contributed by atoms with E-state index in [-0.39, 0.29) is 28.3 Å². The number of hydrogen-bond donors (Lipinski definition) is 2. The van der Waals surface area contributed by atoms with Crippen LogP contribution in [0.1, 0.15) is 22.3 Å². The summed E-state index contributed by atoms with van der Waals surface area (Å²) in [6.07, 6.45) is 0.103. The summed E-state index contributed by atoms with van der Waals surface area (Å²) in [5.74, 6) is 3.41. The van der Waals surface area contributed by atoms with Gasteiger partial charge in [-0.3, -0.25) is 9.59 Å². The van der Waals surface area contributed by atoms with Crippen molar-refractivity contribution in [3.8, 4) is 17.6 Å². The van der Waals surface area contributed by atoms with Gasteiger partial charge in [0, 0.05) is 5.02 Å². The van der Waals surface area contributed by atoms with Gasteiger partial charge in [-0.25, -0.2) is 0 Å². The van der Waals surface area contributed by atoms with Gasteiger partial charge in [0.25, 0.3) is 0 Å². The third-order valence-electron chi connectivity index (χ3n) is 1.69. The molecule has 1 rings (SSSR count). The number of aromatic hydroxyl groups is 1. The molecule has 0 unspecified atom stereocenters. The first kappa shape index (κ1) is 12.1. The fourth-order valence-corrected chi connectivity index (χ4v) is 1.25. The molecule has 0 heterocycles. The van der Waals surface area contributed by atoms with Crippen molar-refractivity contribution in [2.24, 2.45) is 0 Å². The molecule has 2 N–H and O–H groups in total. The van der Waals surface area contributed by atoms with Gasteiger partial charge in [0.2, 0.25) is 0 Å². The van der Waals surface area contributed by atoms with Crippen LogP contribution < -0.4 is 0 Å². The molecule has 1 aromatic rings. The summed E-state index contributed by atoms with van der Waals surface area (Å²) in [4.78, 5) is 20.8. The van der Waals surface area contributed by atoms with E-state index in [2.05, 4.69) is 11.8 Å². The predicted octanol–water partition coefficient (Wildman–Crippen LogP) is 1.68. The van der Waals surface area contributed by atoms with Crippen molar-refractivity contribution in [2.45, 2.75) is 6.42 Å². The van der Waals surface area contributed by atoms with E-state index >= 15 is 0 Å². The van der Waals surface area contributed by atoms with Crippen LogP contribution in [0.15, 0.2) is 12.1 Å². The maximum atomic E-state index is 10.6. The Hall–Kier alpha value is -1.99. The zero-order valence-electron chi connectivity index (χ0n) is 8.03. The summed E-state index contributed by atoms with van der Waals surface area (Å²) in [6.45, 7) is 0. The Kier molecular flexibility index (Phi) is 3.92. The molecule has 0 aliphatic carbocycles. The lowest BCUT2D eigenvalue weighted by atomic mass is 10.1. The Morgan fingerprint density at radius 3 is 2.75 bits per heavy atom. The first-order valence-corrected chi connectivity index (χ1v) is 4.60. The van der Waals surface area contributed by atoms with Crippen LogP contribution in [0.25, 0.3) is 0 Å². The van der Waals surface area contributed by atoms with Crippen molar-refractivity contribution in [2.75, 3.05) is 0 Å². The van der Waals surface area contributed by atoms with Crippen molar-refractivity contribution < 1.29 is 19.8 Å². The first-order chi connectivity index (χ1) is 7.54. The Labute approximate surface area is 96.5 Å². The zero-order chi connectivity index (χ0) is 12.1. The topological polar surface area (TPSA) is 74.6 Å². The van der Waals surface area contributed by atoms with E-state index < -0.39 is 5.97 Å². The molecule has 0 bridgehead atoms. The number of carboxylic acid groups (broad SMARTS) is 1. The smallest absolute Gasteiger partial charge is 0.315 e. The highest BCUT2D eigenvalue weighted by Crippen LogP contribution is 2.25. The van der Waals surface area contributed by atoms with Crippen LogP contribution in [0, 0.1) is 11.8 Å². The monoisotopic (exact) mass is 238 g/mol. The number of carbonyl (C=O) groups excluding carboxylic acids is 1. The Morgan fingerprint density at radius 2 is 2.19 bits per heavy atom. The molecule has 0 atom stereocenters. The van der Waals surface area contributed by atoms with Crippen LogP contribution in [-0.4, -0.2) is 22.5 Å². The molecule has 0 radical (unpaired) electrons. The number of aliphatic carboxylic acids is 1. The lowest BCUT2D eigenvalue weighted by Gasteiger charge is -2.01. The summed E-state index contributed by atoms with van der Waals surface area (Å²) in [5, 5.41) is 18.2. The molecule has 0 saturated carbocycles. The van der Waals surface area contributed by atoms with Crippen LogP contribution in [0.2, 0.25) is 5.02 Å². The molecule has 0 aliphatic rings. The number of benzene rings is 1. The van der Waals surface area contributed by atoms with Crippen LogP contribution in [0.3, 0.4) is 0 Å². The minimum absolute atomic E-state index is 0.0205. The van der Waals surface area contributed by atoms with E-state index in [1.54, 1.807) is 0 Å². The third kappa shape index (κ3) is 3.01. The van der Waals surface area contributed by atoms with Crippen molar-refractivity contribution in [3.05, 3.63) is 28.3 Å². The van der Waals surface area contributed by atoms with Gasteiger partial charge >= 0.3 is 5.97 Å². The molecule has 0 amide bonds. The van der Waals surface area contributed by atoms with Crippen LogP contribution >= 0.6 is 11.6 Å². The highest BCUT2D eigenvalue weighted by molar-refractivity contribution is 6.31. The van der Waals surface area contributed by atoms with Crippen molar-refractivity contribution in [3.63, 3.8) is 0 Å². The average Bonchev–Trinajstić information content (AvgIpc) is 2.22. The maximum Gasteiger partial charge on any atom is 0.315 e. The second-order valence-electron chi connectivity index (χ2n) is 2.88. The Balaban J connectivity index is 3.12. The number of phenols is 1. The predicted molar refractivity (Wildman–Crippen MR) is 57.6 cm³/mol. The fraction of sp³-hybridized carbons (Fsp3) is 0.0909. The van der Waals surface area contributed by atoms with Gasteiger partial charge in [-0.1, -0.05) is 23.4 Å². The number of halogens is 1. The van der Waals surface area contributed by atoms with Gasteiger partial charge < -0.3 is 10.2 Å². The lowest BCUT2D eigenvalue weighted by molar-refractivity contribution is -0.135. The minimum Gasteiger partial charge on any atom is -0.506 e. The van der Waals surface area contributed by atoms with Gasteiger partial charge in [0.1, 0.15) is 12.2 Å². The van der Waals surface area contributed by atoms with Crippen molar-refractivity contribution >= 4 is 23.9 Å². The lowest BCUT2D eigenvalue weighted by Crippen LogP contribution is -1.91. The Morgan fingerprint density at radius 1 is 1.50 bits per heavy atom. The van der Waals surface area contributed by atoms with E-state index in [1.165, 1.54) is 12.1 Å². The first-order valence-electron chi connectivity index (χ1n) is 4.23. The van der Waals surface area contributed by atoms with Gasteiger partial charge in [-0.15, -0.1) is 0 Å². The summed E-state index contributed by atoms with van der Waals surface area (Å²) in [6, 6.07) is 2.66. The summed E-state index contributed by atoms with van der Waals surface area (Å²) < 4.78 is 0. The van der Waals surface area contributed by atoms with E-state index in [9.17, 15) is 14.7 Å². The summed E-state index contributed by atoms with van der Waals surface area (Å²) in [5.41, 5.74) is 0.156. The second kappa shape index (κ2) is 5.19. The molecule has 4 nitrogen and oxygen atoms in total. The van der Waals surface area contributed by atoms with Crippen molar-refractivity contribution in [1.29, 1.82) is 0 Å². The number of carboxylic acids is 1. The average molecular weight is 239 g/mol. The summed E-state index contributed by atoms with van der Waals surface area (Å²) >= 11 is 5.69. The number of carbonyl (C=O) groups is 2. The van der Waals surface area contributed by atoms with Gasteiger partial charge in [0.15, 0.2) is 6.29 Å².